The minimum atomic E-state index is 0. The lowest BCUT2D eigenvalue weighted by Gasteiger charge is -2.22. The Bertz CT molecular complexity index is 666. The Hall–Kier alpha value is -1.31. The summed E-state index contributed by atoms with van der Waals surface area (Å²) in [5, 5.41) is 3.43. The van der Waals surface area contributed by atoms with E-state index in [1.807, 2.05) is 17.0 Å². The number of nitrogens with zero attached hydrogens (tertiary/aromatic N) is 3. The molecule has 1 unspecified atom stereocenters. The molecule has 1 fully saturated rings. The second-order valence-corrected chi connectivity index (χ2v) is 8.59. The molecular formula is C23H37IN4O. The van der Waals surface area contributed by atoms with Crippen LogP contribution < -0.4 is 5.32 Å². The largest absolute Gasteiger partial charge is 0.357 e. The first kappa shape index (κ1) is 24.0. The first-order chi connectivity index (χ1) is 13.6. The maximum atomic E-state index is 12.5. The van der Waals surface area contributed by atoms with Gasteiger partial charge < -0.3 is 15.1 Å². The zero-order chi connectivity index (χ0) is 19.9. The number of halogens is 1. The van der Waals surface area contributed by atoms with Crippen LogP contribution in [0.4, 0.5) is 0 Å². The van der Waals surface area contributed by atoms with Crippen molar-refractivity contribution < 1.29 is 4.79 Å². The number of rotatable bonds is 7. The van der Waals surface area contributed by atoms with Crippen molar-refractivity contribution in [3.05, 3.63) is 35.4 Å². The van der Waals surface area contributed by atoms with Gasteiger partial charge in [-0.15, -0.1) is 24.0 Å². The van der Waals surface area contributed by atoms with Crippen molar-refractivity contribution in [1.29, 1.82) is 0 Å². The maximum Gasteiger partial charge on any atom is 0.223 e. The Kier molecular flexibility index (Phi) is 9.72. The number of likely N-dealkylation sites (tertiary alicyclic amines) is 1. The normalized spacial score (nSPS) is 18.8. The summed E-state index contributed by atoms with van der Waals surface area (Å²) >= 11 is 0. The molecule has 6 heteroatoms. The highest BCUT2D eigenvalue weighted by molar-refractivity contribution is 14.0. The van der Waals surface area contributed by atoms with Gasteiger partial charge in [-0.25, -0.2) is 0 Å². The van der Waals surface area contributed by atoms with E-state index in [9.17, 15) is 4.79 Å². The van der Waals surface area contributed by atoms with Crippen molar-refractivity contribution in [2.45, 2.75) is 59.5 Å². The van der Waals surface area contributed by atoms with Crippen LogP contribution in [0.3, 0.4) is 0 Å². The zero-order valence-electron chi connectivity index (χ0n) is 18.2. The zero-order valence-corrected chi connectivity index (χ0v) is 20.5. The van der Waals surface area contributed by atoms with Crippen molar-refractivity contribution in [3.8, 4) is 0 Å². The third-order valence-corrected chi connectivity index (χ3v) is 5.73. The van der Waals surface area contributed by atoms with Gasteiger partial charge >= 0.3 is 0 Å². The molecule has 3 rings (SSSR count). The van der Waals surface area contributed by atoms with E-state index in [0.717, 1.165) is 56.9 Å². The standard InChI is InChI=1S/C23H36N4O.HI/c1-4-24-23(26-13-11-19(15-26)14-18(2)3)25-12-7-10-22(28)27-16-20-8-5-6-9-21(20)17-27;/h5-6,8-9,18-19H,4,7,10-17H2,1-3H3,(H,24,25);1H. The topological polar surface area (TPSA) is 47.9 Å². The number of benzene rings is 1. The molecule has 162 valence electrons. The molecule has 1 saturated heterocycles. The van der Waals surface area contributed by atoms with Crippen molar-refractivity contribution >= 4 is 35.8 Å². The molecule has 1 aromatic rings. The van der Waals surface area contributed by atoms with Gasteiger partial charge in [0.25, 0.3) is 0 Å². The highest BCUT2D eigenvalue weighted by atomic mass is 127. The van der Waals surface area contributed by atoms with Crippen molar-refractivity contribution in [2.75, 3.05) is 26.2 Å². The lowest BCUT2D eigenvalue weighted by atomic mass is 9.97. The average molecular weight is 512 g/mol. The smallest absolute Gasteiger partial charge is 0.223 e. The first-order valence-corrected chi connectivity index (χ1v) is 10.9. The number of aliphatic imine (C=N–C) groups is 1. The molecular weight excluding hydrogens is 475 g/mol. The van der Waals surface area contributed by atoms with Crippen LogP contribution in [0.1, 0.15) is 57.6 Å². The molecule has 0 radical (unpaired) electrons. The maximum absolute atomic E-state index is 12.5. The number of guanidine groups is 1. The summed E-state index contributed by atoms with van der Waals surface area (Å²) in [5.74, 6) is 2.80. The Morgan fingerprint density at radius 2 is 1.90 bits per heavy atom. The van der Waals surface area contributed by atoms with Crippen LogP contribution in [0.2, 0.25) is 0 Å². The van der Waals surface area contributed by atoms with Gasteiger partial charge in [0.1, 0.15) is 0 Å². The molecule has 0 saturated carbocycles. The third kappa shape index (κ3) is 6.86. The highest BCUT2D eigenvalue weighted by Gasteiger charge is 2.25. The fourth-order valence-corrected chi connectivity index (χ4v) is 4.39. The van der Waals surface area contributed by atoms with Crippen LogP contribution >= 0.6 is 24.0 Å². The predicted octanol–water partition coefficient (Wildman–Crippen LogP) is 4.26. The van der Waals surface area contributed by atoms with E-state index in [1.54, 1.807) is 0 Å². The third-order valence-electron chi connectivity index (χ3n) is 5.73. The van der Waals surface area contributed by atoms with Crippen LogP contribution in [-0.2, 0) is 17.9 Å². The number of carbonyl (C=O) groups is 1. The summed E-state index contributed by atoms with van der Waals surface area (Å²) in [6, 6.07) is 8.35. The molecule has 1 aromatic carbocycles. The van der Waals surface area contributed by atoms with Crippen LogP contribution in [0, 0.1) is 11.8 Å². The van der Waals surface area contributed by atoms with Gasteiger partial charge in [0.2, 0.25) is 5.91 Å². The molecule has 1 atom stereocenters. The lowest BCUT2D eigenvalue weighted by molar-refractivity contribution is -0.131. The molecule has 0 aliphatic carbocycles. The van der Waals surface area contributed by atoms with E-state index in [1.165, 1.54) is 24.0 Å². The molecule has 29 heavy (non-hydrogen) atoms. The van der Waals surface area contributed by atoms with Gasteiger partial charge in [-0.2, -0.15) is 0 Å². The summed E-state index contributed by atoms with van der Waals surface area (Å²) in [5.41, 5.74) is 2.57. The molecule has 2 aliphatic heterocycles. The molecule has 1 amide bonds. The second-order valence-electron chi connectivity index (χ2n) is 8.59. The number of nitrogens with one attached hydrogen (secondary N) is 1. The quantitative estimate of drug-likeness (QED) is 0.257. The van der Waals surface area contributed by atoms with Gasteiger partial charge in [-0.05, 0) is 49.1 Å². The van der Waals surface area contributed by atoms with E-state index in [2.05, 4.69) is 43.1 Å². The Morgan fingerprint density at radius 1 is 1.21 bits per heavy atom. The van der Waals surface area contributed by atoms with Gasteiger partial charge in [0, 0.05) is 45.7 Å². The van der Waals surface area contributed by atoms with Gasteiger partial charge in [-0.1, -0.05) is 38.1 Å². The first-order valence-electron chi connectivity index (χ1n) is 10.9. The van der Waals surface area contributed by atoms with E-state index in [4.69, 9.17) is 4.99 Å². The summed E-state index contributed by atoms with van der Waals surface area (Å²) in [4.78, 5) is 21.7. The molecule has 5 nitrogen and oxygen atoms in total. The Labute approximate surface area is 193 Å². The van der Waals surface area contributed by atoms with Gasteiger partial charge in [-0.3, -0.25) is 9.79 Å². The second kappa shape index (κ2) is 11.8. The minimum absolute atomic E-state index is 0. The van der Waals surface area contributed by atoms with Gasteiger partial charge in [0.05, 0.1) is 0 Å². The summed E-state index contributed by atoms with van der Waals surface area (Å²) in [6.07, 6.45) is 3.94. The summed E-state index contributed by atoms with van der Waals surface area (Å²) in [6.45, 7) is 12.0. The fourth-order valence-electron chi connectivity index (χ4n) is 4.39. The number of hydrogen-bond donors (Lipinski definition) is 1. The van der Waals surface area contributed by atoms with Gasteiger partial charge in [0.15, 0.2) is 5.96 Å². The van der Waals surface area contributed by atoms with Crippen molar-refractivity contribution in [1.82, 2.24) is 15.1 Å². The summed E-state index contributed by atoms with van der Waals surface area (Å²) in [7, 11) is 0. The SMILES string of the molecule is CCNC(=NCCCC(=O)N1Cc2ccccc2C1)N1CCC(CC(C)C)C1.I. The Balaban J connectivity index is 0.00000300. The van der Waals surface area contributed by atoms with Crippen LogP contribution in [-0.4, -0.2) is 47.8 Å². The lowest BCUT2D eigenvalue weighted by Crippen LogP contribution is -2.40. The molecule has 2 heterocycles. The van der Waals surface area contributed by atoms with E-state index in [0.29, 0.717) is 13.0 Å². The highest BCUT2D eigenvalue weighted by Crippen LogP contribution is 2.24. The van der Waals surface area contributed by atoms with Crippen molar-refractivity contribution in [2.24, 2.45) is 16.8 Å². The summed E-state index contributed by atoms with van der Waals surface area (Å²) < 4.78 is 0. The monoisotopic (exact) mass is 512 g/mol. The molecule has 1 N–H and O–H groups in total. The van der Waals surface area contributed by atoms with E-state index in [-0.39, 0.29) is 29.9 Å². The Morgan fingerprint density at radius 3 is 2.52 bits per heavy atom. The number of carbonyl (C=O) groups excluding carboxylic acids is 1. The number of amides is 1. The predicted molar refractivity (Wildman–Crippen MR) is 130 cm³/mol. The molecule has 2 aliphatic rings. The van der Waals surface area contributed by atoms with E-state index < -0.39 is 0 Å². The molecule has 0 aromatic heterocycles. The van der Waals surface area contributed by atoms with E-state index >= 15 is 0 Å². The average Bonchev–Trinajstić information content (AvgIpc) is 3.30. The molecule has 0 bridgehead atoms. The van der Waals surface area contributed by atoms with Crippen LogP contribution in [0.25, 0.3) is 0 Å². The molecule has 0 spiro atoms. The van der Waals surface area contributed by atoms with Crippen LogP contribution in [0.15, 0.2) is 29.3 Å². The number of hydrogen-bond acceptors (Lipinski definition) is 2. The van der Waals surface area contributed by atoms with Crippen LogP contribution in [0.5, 0.6) is 0 Å². The minimum Gasteiger partial charge on any atom is -0.357 e. The number of fused-ring (bicyclic) bond motifs is 1. The fraction of sp³-hybridized carbons (Fsp3) is 0.652. The van der Waals surface area contributed by atoms with Crippen molar-refractivity contribution in [3.63, 3.8) is 0 Å².